The predicted molar refractivity (Wildman–Crippen MR) is 213 cm³/mol. The Hall–Kier alpha value is -5.06. The summed E-state index contributed by atoms with van der Waals surface area (Å²) < 4.78 is 27.5. The molecule has 1 atom stereocenters. The van der Waals surface area contributed by atoms with Gasteiger partial charge in [0.1, 0.15) is 29.2 Å². The summed E-state index contributed by atoms with van der Waals surface area (Å²) in [7, 11) is 0. The number of aliphatic carboxylic acids is 2. The Morgan fingerprint density at radius 2 is 1.05 bits per heavy atom. The number of carboxylic acid groups (broad SMARTS) is 2. The van der Waals surface area contributed by atoms with Crippen molar-refractivity contribution in [2.24, 2.45) is 0 Å². The van der Waals surface area contributed by atoms with Crippen molar-refractivity contribution in [1.29, 1.82) is 0 Å². The lowest BCUT2D eigenvalue weighted by molar-refractivity contribution is -0.159. The van der Waals surface area contributed by atoms with Gasteiger partial charge in [-0.25, -0.2) is 4.79 Å². The van der Waals surface area contributed by atoms with Gasteiger partial charge in [0.05, 0.1) is 32.7 Å². The Kier molecular flexibility index (Phi) is 19.3. The van der Waals surface area contributed by atoms with E-state index in [1.165, 1.54) is 9.80 Å². The van der Waals surface area contributed by atoms with Gasteiger partial charge < -0.3 is 33.9 Å². The highest BCUT2D eigenvalue weighted by atomic mass is 16.6. The number of ether oxygens (including phenoxy) is 5. The molecular weight excluding hydrogens is 754 g/mol. The number of hydrogen-bond donors (Lipinski definition) is 2. The zero-order valence-electron chi connectivity index (χ0n) is 35.3. The van der Waals surface area contributed by atoms with Gasteiger partial charge in [-0.1, -0.05) is 42.5 Å². The SMILES string of the molecule is CC(C)(C)OC(=O)CN(CCN(CC(=O)OC(C)(C)C)C(Cc1ccc(OCC(=O)OCc2ccccc2)cc1)CN(CC(=O)O)CC(=O)OC(C)(C)C)CC(=O)O. The first kappa shape index (κ1) is 49.1. The van der Waals surface area contributed by atoms with Crippen molar-refractivity contribution in [2.75, 3.05) is 59.0 Å². The number of carbonyl (C=O) groups is 6. The van der Waals surface area contributed by atoms with Gasteiger partial charge >= 0.3 is 35.8 Å². The number of esters is 4. The third kappa shape index (κ3) is 22.6. The molecule has 0 bridgehead atoms. The van der Waals surface area contributed by atoms with Crippen LogP contribution in [0.1, 0.15) is 73.4 Å². The fourth-order valence-electron chi connectivity index (χ4n) is 5.62. The number of nitrogens with zero attached hydrogens (tertiary/aromatic N) is 3. The third-order valence-electron chi connectivity index (χ3n) is 7.70. The molecule has 2 aromatic rings. The van der Waals surface area contributed by atoms with Gasteiger partial charge in [-0.3, -0.25) is 38.7 Å². The number of rotatable bonds is 23. The van der Waals surface area contributed by atoms with Crippen LogP contribution in [-0.4, -0.2) is 143 Å². The van der Waals surface area contributed by atoms with Crippen molar-refractivity contribution >= 4 is 35.8 Å². The van der Waals surface area contributed by atoms with E-state index >= 15 is 0 Å². The molecule has 0 aliphatic carbocycles. The van der Waals surface area contributed by atoms with Gasteiger partial charge in [0, 0.05) is 25.7 Å². The molecule has 0 spiro atoms. The minimum Gasteiger partial charge on any atom is -0.482 e. The molecule has 0 aliphatic rings. The first-order valence-corrected chi connectivity index (χ1v) is 19.0. The molecule has 0 heterocycles. The molecule has 0 aliphatic heterocycles. The molecule has 322 valence electrons. The molecule has 0 fully saturated rings. The summed E-state index contributed by atoms with van der Waals surface area (Å²) in [6.07, 6.45) is 0.206. The van der Waals surface area contributed by atoms with E-state index in [4.69, 9.17) is 23.7 Å². The normalized spacial score (nSPS) is 12.6. The zero-order valence-corrected chi connectivity index (χ0v) is 35.3. The van der Waals surface area contributed by atoms with Crippen LogP contribution in [0, 0.1) is 0 Å². The minimum atomic E-state index is -1.20. The van der Waals surface area contributed by atoms with E-state index in [0.29, 0.717) is 5.75 Å². The number of hydrogen-bond acceptors (Lipinski definition) is 14. The summed E-state index contributed by atoms with van der Waals surface area (Å²) >= 11 is 0. The summed E-state index contributed by atoms with van der Waals surface area (Å²) in [5, 5.41) is 19.5. The average molecular weight is 816 g/mol. The van der Waals surface area contributed by atoms with Gasteiger partial charge in [-0.05, 0) is 92.0 Å². The van der Waals surface area contributed by atoms with Crippen LogP contribution in [0.2, 0.25) is 0 Å². The van der Waals surface area contributed by atoms with Crippen molar-refractivity contribution in [3.8, 4) is 5.75 Å². The van der Waals surface area contributed by atoms with Crippen molar-refractivity contribution in [3.63, 3.8) is 0 Å². The fraction of sp³-hybridized carbons (Fsp3) is 0.571. The molecule has 0 amide bonds. The van der Waals surface area contributed by atoms with Crippen LogP contribution < -0.4 is 4.74 Å². The average Bonchev–Trinajstić information content (AvgIpc) is 3.05. The Morgan fingerprint density at radius 1 is 0.569 bits per heavy atom. The van der Waals surface area contributed by atoms with E-state index < -0.39 is 71.8 Å². The maximum Gasteiger partial charge on any atom is 0.344 e. The molecule has 58 heavy (non-hydrogen) atoms. The van der Waals surface area contributed by atoms with Gasteiger partial charge in [0.25, 0.3) is 0 Å². The first-order valence-electron chi connectivity index (χ1n) is 19.0. The molecule has 0 radical (unpaired) electrons. The molecule has 16 nitrogen and oxygen atoms in total. The highest BCUT2D eigenvalue weighted by Gasteiger charge is 2.30. The van der Waals surface area contributed by atoms with Crippen molar-refractivity contribution in [3.05, 3.63) is 65.7 Å². The van der Waals surface area contributed by atoms with Crippen molar-refractivity contribution in [2.45, 2.75) is 98.2 Å². The Labute approximate surface area is 341 Å². The first-order chi connectivity index (χ1) is 26.9. The van der Waals surface area contributed by atoms with Gasteiger partial charge in [-0.2, -0.15) is 0 Å². The van der Waals surface area contributed by atoms with Crippen LogP contribution in [0.3, 0.4) is 0 Å². The predicted octanol–water partition coefficient (Wildman–Crippen LogP) is 3.82. The highest BCUT2D eigenvalue weighted by Crippen LogP contribution is 2.19. The summed E-state index contributed by atoms with van der Waals surface area (Å²) in [4.78, 5) is 79.9. The van der Waals surface area contributed by atoms with Crippen molar-refractivity contribution in [1.82, 2.24) is 14.7 Å². The third-order valence-corrected chi connectivity index (χ3v) is 7.70. The molecule has 2 rings (SSSR count). The van der Waals surface area contributed by atoms with Crippen molar-refractivity contribution < 1.29 is 62.7 Å². The maximum absolute atomic E-state index is 13.4. The van der Waals surface area contributed by atoms with Crippen LogP contribution in [-0.2, 0) is 60.7 Å². The molecule has 1 unspecified atom stereocenters. The lowest BCUT2D eigenvalue weighted by Crippen LogP contribution is -2.52. The number of benzene rings is 2. The van der Waals surface area contributed by atoms with E-state index in [9.17, 15) is 39.0 Å². The minimum absolute atomic E-state index is 0.0109. The maximum atomic E-state index is 13.4. The zero-order chi connectivity index (χ0) is 43.7. The van der Waals surface area contributed by atoms with Crippen LogP contribution in [0.5, 0.6) is 5.75 Å². The van der Waals surface area contributed by atoms with E-state index in [-0.39, 0.29) is 58.9 Å². The molecule has 2 N–H and O–H groups in total. The second-order valence-electron chi connectivity index (χ2n) is 16.8. The molecule has 16 heteroatoms. The van der Waals surface area contributed by atoms with E-state index in [1.807, 2.05) is 30.3 Å². The highest BCUT2D eigenvalue weighted by molar-refractivity contribution is 5.75. The monoisotopic (exact) mass is 815 g/mol. The smallest absolute Gasteiger partial charge is 0.344 e. The molecule has 0 saturated heterocycles. The number of carbonyl (C=O) groups excluding carboxylic acids is 4. The topological polar surface area (TPSA) is 199 Å². The number of carboxylic acids is 2. The van der Waals surface area contributed by atoms with Gasteiger partial charge in [-0.15, -0.1) is 0 Å². The van der Waals surface area contributed by atoms with Crippen LogP contribution >= 0.6 is 0 Å². The molecule has 2 aromatic carbocycles. The quantitative estimate of drug-likeness (QED) is 0.121. The summed E-state index contributed by atoms with van der Waals surface area (Å²) in [6.45, 7) is 13.0. The van der Waals surface area contributed by atoms with Gasteiger partial charge in [0.15, 0.2) is 6.61 Å². The van der Waals surface area contributed by atoms with E-state index in [1.54, 1.807) is 91.5 Å². The summed E-state index contributed by atoms with van der Waals surface area (Å²) in [5.74, 6) is -4.45. The Balaban J connectivity index is 2.45. The second-order valence-corrected chi connectivity index (χ2v) is 16.8. The van der Waals surface area contributed by atoms with E-state index in [0.717, 1.165) is 11.1 Å². The molecule has 0 saturated carbocycles. The molecular formula is C42H61N3O13. The van der Waals surface area contributed by atoms with Gasteiger partial charge in [0.2, 0.25) is 0 Å². The lowest BCUT2D eigenvalue weighted by atomic mass is 10.0. The second kappa shape index (κ2) is 22.8. The fourth-order valence-corrected chi connectivity index (χ4v) is 5.62. The Morgan fingerprint density at radius 3 is 1.55 bits per heavy atom. The molecule has 0 aromatic heterocycles. The van der Waals surface area contributed by atoms with Crippen LogP contribution in [0.4, 0.5) is 0 Å². The largest absolute Gasteiger partial charge is 0.482 e. The van der Waals surface area contributed by atoms with Crippen LogP contribution in [0.15, 0.2) is 54.6 Å². The lowest BCUT2D eigenvalue weighted by Gasteiger charge is -2.36. The summed E-state index contributed by atoms with van der Waals surface area (Å²) in [5.41, 5.74) is -0.935. The van der Waals surface area contributed by atoms with Crippen LogP contribution in [0.25, 0.3) is 0 Å². The van der Waals surface area contributed by atoms with E-state index in [2.05, 4.69) is 0 Å². The Bertz CT molecular complexity index is 1650. The summed E-state index contributed by atoms with van der Waals surface area (Å²) in [6, 6.07) is 15.3. The standard InChI is InChI=1S/C42H61N3O13/c1-40(2,3)56-36(50)25-43(23-34(46)47)19-20-45(27-38(52)58-42(7,8)9)32(22-44(24-35(48)49)26-37(51)57-41(4,5)6)21-30-15-17-33(18-16-30)54-29-39(53)55-28-31-13-11-10-12-14-31/h10-18,32H,19-29H2,1-9H3,(H,46,47)(H,48,49).